The number of hydrogen-bond donors (Lipinski definition) is 1. The smallest absolute Gasteiger partial charge is 0.305 e. The Balaban J connectivity index is 3.33. The topological polar surface area (TPSA) is 155 Å². The van der Waals surface area contributed by atoms with Gasteiger partial charge in [0.15, 0.2) is 12.2 Å². The molecule has 6 atom stereocenters. The van der Waals surface area contributed by atoms with Crippen LogP contribution in [0.4, 0.5) is 0 Å². The van der Waals surface area contributed by atoms with E-state index >= 15 is 0 Å². The fraction of sp³-hybridized carbons (Fsp3) is 0.750. The maximum Gasteiger partial charge on any atom is 0.305 e. The van der Waals surface area contributed by atoms with Crippen LogP contribution in [-0.4, -0.2) is 70.8 Å². The van der Waals surface area contributed by atoms with Crippen molar-refractivity contribution in [3.05, 3.63) is 0 Å². The monoisotopic (exact) mass is 423 g/mol. The lowest BCUT2D eigenvalue weighted by molar-refractivity contribution is -0.295. The molecule has 0 saturated carbocycles. The van der Waals surface area contributed by atoms with E-state index in [9.17, 15) is 23.4 Å². The Bertz CT molecular complexity index is 719. The second-order valence-electron chi connectivity index (χ2n) is 6.37. The average molecular weight is 423 g/mol. The summed E-state index contributed by atoms with van der Waals surface area (Å²) in [6.45, 7) is 4.41. The third-order valence-electron chi connectivity index (χ3n) is 3.57. The Hall–Kier alpha value is -2.21. The van der Waals surface area contributed by atoms with Crippen LogP contribution in [0.15, 0.2) is 0 Å². The Morgan fingerprint density at radius 1 is 0.821 bits per heavy atom. The molecule has 1 aliphatic rings. The summed E-state index contributed by atoms with van der Waals surface area (Å²) < 4.78 is 45.5. The molecular formula is C16H25NO10S. The van der Waals surface area contributed by atoms with Crippen molar-refractivity contribution in [3.8, 4) is 0 Å². The van der Waals surface area contributed by atoms with Crippen LogP contribution in [-0.2, 0) is 52.6 Å². The van der Waals surface area contributed by atoms with E-state index in [0.29, 0.717) is 0 Å². The summed E-state index contributed by atoms with van der Waals surface area (Å²) in [6, 6.07) is 0. The molecule has 28 heavy (non-hydrogen) atoms. The molecule has 1 saturated heterocycles. The number of carbonyl (C=O) groups excluding carboxylic acids is 4. The molecule has 1 rings (SSSR count). The highest BCUT2D eigenvalue weighted by molar-refractivity contribution is 7.91. The molecule has 1 fully saturated rings. The molecule has 1 heterocycles. The predicted molar refractivity (Wildman–Crippen MR) is 93.4 cm³/mol. The van der Waals surface area contributed by atoms with Crippen LogP contribution in [0.5, 0.6) is 0 Å². The summed E-state index contributed by atoms with van der Waals surface area (Å²) in [5.41, 5.74) is 0. The van der Waals surface area contributed by atoms with Crippen molar-refractivity contribution >= 4 is 33.6 Å². The van der Waals surface area contributed by atoms with Crippen molar-refractivity contribution in [2.45, 2.75) is 64.8 Å². The number of rotatable bonds is 7. The molecule has 0 bridgehead atoms. The lowest BCUT2D eigenvalue weighted by Gasteiger charge is -2.43. The van der Waals surface area contributed by atoms with Gasteiger partial charge in [0, 0.05) is 49.4 Å². The molecule has 1 N–H and O–H groups in total. The first kappa shape index (κ1) is 23.8. The molecule has 160 valence electrons. The third kappa shape index (κ3) is 7.80. The lowest BCUT2D eigenvalue weighted by Crippen LogP contribution is -2.62. The van der Waals surface area contributed by atoms with Crippen LogP contribution < -0.4 is 0 Å². The number of carbonyl (C=O) groups is 4. The highest BCUT2D eigenvalue weighted by Crippen LogP contribution is 2.31. The van der Waals surface area contributed by atoms with E-state index in [0.717, 1.165) is 27.7 Å². The average Bonchev–Trinajstić information content (AvgIpc) is 2.48. The minimum absolute atomic E-state index is 0.0287. The van der Waals surface area contributed by atoms with E-state index in [2.05, 4.69) is 0 Å². The van der Waals surface area contributed by atoms with E-state index in [1.54, 1.807) is 0 Å². The first-order chi connectivity index (χ1) is 12.8. The molecule has 1 unspecified atom stereocenters. The van der Waals surface area contributed by atoms with Crippen molar-refractivity contribution in [1.82, 2.24) is 0 Å². The molecule has 0 spiro atoms. The molecule has 1 aliphatic heterocycles. The number of nitrogens with one attached hydrogen (secondary N) is 1. The van der Waals surface area contributed by atoms with Crippen LogP contribution in [0.3, 0.4) is 0 Å². The quantitative estimate of drug-likeness (QED) is 0.441. The Labute approximate surface area is 162 Å². The van der Waals surface area contributed by atoms with Crippen LogP contribution in [0.1, 0.15) is 34.1 Å². The number of esters is 4. The van der Waals surface area contributed by atoms with Gasteiger partial charge in [-0.1, -0.05) is 0 Å². The summed E-state index contributed by atoms with van der Waals surface area (Å²) in [7, 11) is -2.91. The summed E-state index contributed by atoms with van der Waals surface area (Å²) in [6.07, 6.45) is -5.26. The van der Waals surface area contributed by atoms with Gasteiger partial charge in [-0.25, -0.2) is 0 Å². The Kier molecular flexibility index (Phi) is 8.36. The number of hydrogen-bond acceptors (Lipinski definition) is 11. The highest BCUT2D eigenvalue weighted by Gasteiger charge is 2.53. The number of ether oxygens (including phenoxy) is 5. The first-order valence-corrected chi connectivity index (χ1v) is 10.5. The zero-order valence-electron chi connectivity index (χ0n) is 16.3. The van der Waals surface area contributed by atoms with E-state index < -0.39 is 64.3 Å². The van der Waals surface area contributed by atoms with Crippen LogP contribution >= 0.6 is 0 Å². The van der Waals surface area contributed by atoms with Gasteiger partial charge in [-0.2, -0.15) is 0 Å². The minimum atomic E-state index is -2.91. The largest absolute Gasteiger partial charge is 0.456 e. The zero-order valence-corrected chi connectivity index (χ0v) is 17.1. The van der Waals surface area contributed by atoms with Crippen LogP contribution in [0, 0.1) is 4.78 Å². The molecular weight excluding hydrogens is 398 g/mol. The van der Waals surface area contributed by atoms with E-state index in [1.807, 2.05) is 0 Å². The van der Waals surface area contributed by atoms with Crippen molar-refractivity contribution in [1.29, 1.82) is 4.78 Å². The van der Waals surface area contributed by atoms with Gasteiger partial charge < -0.3 is 23.7 Å². The minimum Gasteiger partial charge on any atom is -0.456 e. The molecule has 0 aromatic carbocycles. The van der Waals surface area contributed by atoms with Crippen LogP contribution in [0.2, 0.25) is 0 Å². The molecule has 11 nitrogen and oxygen atoms in total. The fourth-order valence-corrected chi connectivity index (χ4v) is 3.37. The normalized spacial score (nSPS) is 29.1. The maximum absolute atomic E-state index is 11.8. The van der Waals surface area contributed by atoms with Gasteiger partial charge in [0.2, 0.25) is 12.4 Å². The van der Waals surface area contributed by atoms with E-state index in [1.165, 1.54) is 6.26 Å². The van der Waals surface area contributed by atoms with Gasteiger partial charge in [0.25, 0.3) is 0 Å². The summed E-state index contributed by atoms with van der Waals surface area (Å²) >= 11 is 0. The summed E-state index contributed by atoms with van der Waals surface area (Å²) in [4.78, 5) is 46.1. The van der Waals surface area contributed by atoms with Crippen molar-refractivity contribution < 1.29 is 47.1 Å². The second kappa shape index (κ2) is 9.82. The third-order valence-corrected chi connectivity index (χ3v) is 4.59. The van der Waals surface area contributed by atoms with E-state index in [4.69, 9.17) is 28.5 Å². The SMILES string of the molecule is CC(=O)O[C@H]1O[C@H](CCS(C)(=N)=O)[C@@H](OC(C)=O)[C@H](OC(C)=O)[C@@H]1OC(C)=O. The molecule has 0 aromatic rings. The zero-order chi connectivity index (χ0) is 21.6. The standard InChI is InChI=1S/C16H25NO10S/c1-8(18)23-13-12(6-7-28(5,17)22)27-16(26-11(4)21)15(25-10(3)20)14(13)24-9(2)19/h12-17H,6-7H2,1-5H3/t12-,13-,14+,15+,16+,28?/m1/s1. The molecule has 0 amide bonds. The molecule has 12 heteroatoms. The maximum atomic E-state index is 11.8. The predicted octanol–water partition coefficient (Wildman–Crippen LogP) is 0.136. The lowest BCUT2D eigenvalue weighted by atomic mass is 9.96. The summed E-state index contributed by atoms with van der Waals surface area (Å²) in [5.74, 6) is -3.14. The molecule has 0 aliphatic carbocycles. The van der Waals surface area contributed by atoms with Gasteiger partial charge in [-0.15, -0.1) is 0 Å². The van der Waals surface area contributed by atoms with Crippen molar-refractivity contribution in [3.63, 3.8) is 0 Å². The van der Waals surface area contributed by atoms with Crippen molar-refractivity contribution in [2.75, 3.05) is 12.0 Å². The van der Waals surface area contributed by atoms with Crippen LogP contribution in [0.25, 0.3) is 0 Å². The van der Waals surface area contributed by atoms with Gasteiger partial charge in [-0.05, 0) is 6.42 Å². The van der Waals surface area contributed by atoms with Gasteiger partial charge in [0.1, 0.15) is 6.10 Å². The van der Waals surface area contributed by atoms with Crippen molar-refractivity contribution in [2.24, 2.45) is 0 Å². The fourth-order valence-electron chi connectivity index (χ4n) is 2.69. The Morgan fingerprint density at radius 2 is 1.25 bits per heavy atom. The second-order valence-corrected chi connectivity index (χ2v) is 8.79. The van der Waals surface area contributed by atoms with E-state index in [-0.39, 0.29) is 12.2 Å². The van der Waals surface area contributed by atoms with Gasteiger partial charge in [0.05, 0.1) is 0 Å². The first-order valence-electron chi connectivity index (χ1n) is 8.36. The van der Waals surface area contributed by atoms with Gasteiger partial charge >= 0.3 is 23.9 Å². The highest BCUT2D eigenvalue weighted by atomic mass is 32.2. The van der Waals surface area contributed by atoms with Gasteiger partial charge in [-0.3, -0.25) is 28.2 Å². The molecule has 0 aromatic heterocycles. The Morgan fingerprint density at radius 3 is 1.68 bits per heavy atom. The molecule has 0 radical (unpaired) electrons. The summed E-state index contributed by atoms with van der Waals surface area (Å²) in [5, 5.41) is 0.